The first-order valence-electron chi connectivity index (χ1n) is 8.99. The van der Waals surface area contributed by atoms with Gasteiger partial charge < -0.3 is 5.32 Å². The van der Waals surface area contributed by atoms with Gasteiger partial charge in [-0.05, 0) is 12.1 Å². The molecule has 3 N–H and O–H groups in total. The van der Waals surface area contributed by atoms with Gasteiger partial charge in [0.15, 0.2) is 0 Å². The number of pyridine rings is 1. The minimum Gasteiger partial charge on any atom is -0.336 e. The summed E-state index contributed by atoms with van der Waals surface area (Å²) in [6.07, 6.45) is 3.21. The first-order chi connectivity index (χ1) is 14.1. The van der Waals surface area contributed by atoms with Gasteiger partial charge in [-0.15, -0.1) is 0 Å². The van der Waals surface area contributed by atoms with E-state index in [-0.39, 0.29) is 13.1 Å². The van der Waals surface area contributed by atoms with Crippen LogP contribution in [-0.2, 0) is 6.54 Å². The zero-order chi connectivity index (χ0) is 20.2. The van der Waals surface area contributed by atoms with Crippen LogP contribution >= 0.6 is 0 Å². The molecule has 2 amide bonds. The van der Waals surface area contributed by atoms with E-state index in [9.17, 15) is 14.4 Å². The van der Waals surface area contributed by atoms with Crippen LogP contribution < -0.4 is 21.9 Å². The highest BCUT2D eigenvalue weighted by atomic mass is 16.2. The topological polar surface area (TPSA) is 113 Å². The van der Waals surface area contributed by atoms with E-state index in [4.69, 9.17) is 0 Å². The largest absolute Gasteiger partial charge is 0.336 e. The van der Waals surface area contributed by atoms with E-state index in [2.05, 4.69) is 20.6 Å². The van der Waals surface area contributed by atoms with Crippen LogP contribution in [0.15, 0.2) is 76.6 Å². The normalized spacial score (nSPS) is 10.8. The van der Waals surface area contributed by atoms with Crippen LogP contribution in [0.4, 0.5) is 10.6 Å². The number of imidazole rings is 1. The molecule has 146 valence electrons. The maximum atomic E-state index is 12.5. The van der Waals surface area contributed by atoms with Crippen molar-refractivity contribution in [3.05, 3.63) is 87.8 Å². The number of aromatic nitrogens is 4. The Bertz CT molecular complexity index is 1270. The maximum Gasteiger partial charge on any atom is 0.328 e. The zero-order valence-corrected chi connectivity index (χ0v) is 15.3. The van der Waals surface area contributed by atoms with Gasteiger partial charge in [-0.25, -0.2) is 14.6 Å². The van der Waals surface area contributed by atoms with Crippen molar-refractivity contribution in [2.24, 2.45) is 0 Å². The van der Waals surface area contributed by atoms with Crippen LogP contribution in [0.3, 0.4) is 0 Å². The molecule has 3 heterocycles. The van der Waals surface area contributed by atoms with E-state index in [1.165, 1.54) is 16.8 Å². The number of rotatable bonds is 5. The van der Waals surface area contributed by atoms with Crippen molar-refractivity contribution < 1.29 is 4.79 Å². The van der Waals surface area contributed by atoms with Crippen molar-refractivity contribution in [1.29, 1.82) is 0 Å². The Balaban J connectivity index is 1.52. The Labute approximate surface area is 164 Å². The Morgan fingerprint density at radius 2 is 1.79 bits per heavy atom. The van der Waals surface area contributed by atoms with Crippen LogP contribution in [0.5, 0.6) is 0 Å². The summed E-state index contributed by atoms with van der Waals surface area (Å²) in [6.45, 7) is 0.427. The summed E-state index contributed by atoms with van der Waals surface area (Å²) in [5.41, 5.74) is 1.27. The molecule has 9 heteroatoms. The fourth-order valence-corrected chi connectivity index (χ4v) is 2.97. The average molecular weight is 390 g/mol. The predicted octanol–water partition coefficient (Wildman–Crippen LogP) is 1.67. The summed E-state index contributed by atoms with van der Waals surface area (Å²) in [6, 6.07) is 16.0. The predicted molar refractivity (Wildman–Crippen MR) is 109 cm³/mol. The van der Waals surface area contributed by atoms with Crippen molar-refractivity contribution in [3.63, 3.8) is 0 Å². The summed E-state index contributed by atoms with van der Waals surface area (Å²) in [4.78, 5) is 42.0. The molecule has 0 spiro atoms. The second-order valence-electron chi connectivity index (χ2n) is 6.29. The molecule has 0 saturated carbocycles. The molecule has 0 aliphatic heterocycles. The highest BCUT2D eigenvalue weighted by molar-refractivity contribution is 5.93. The summed E-state index contributed by atoms with van der Waals surface area (Å²) in [7, 11) is 0. The fraction of sp³-hybridized carbons (Fsp3) is 0.100. The third kappa shape index (κ3) is 3.93. The molecule has 4 rings (SSSR count). The molecule has 0 saturated heterocycles. The Morgan fingerprint density at radius 3 is 2.59 bits per heavy atom. The SMILES string of the molecule is O=C(NCCn1ccc(=O)[nH]c1=O)Nc1c(-c2ccccc2)nc2ccccn12. The summed E-state index contributed by atoms with van der Waals surface area (Å²) < 4.78 is 3.11. The standard InChI is InChI=1S/C20H18N6O3/c27-16-9-12-25(20(29)23-16)13-10-21-19(28)24-18-17(14-6-2-1-3-7-14)22-15-8-4-5-11-26(15)18/h1-9,11-12H,10,13H2,(H2,21,24,28)(H,23,27,29). The highest BCUT2D eigenvalue weighted by Gasteiger charge is 2.15. The molecule has 0 bridgehead atoms. The first-order valence-corrected chi connectivity index (χ1v) is 8.99. The average Bonchev–Trinajstić information content (AvgIpc) is 3.09. The number of carbonyl (C=O) groups is 1. The van der Waals surface area contributed by atoms with Crippen LogP contribution in [-0.4, -0.2) is 31.5 Å². The van der Waals surface area contributed by atoms with Crippen molar-refractivity contribution in [3.8, 4) is 11.3 Å². The molecule has 3 aromatic heterocycles. The third-order valence-electron chi connectivity index (χ3n) is 4.34. The van der Waals surface area contributed by atoms with Gasteiger partial charge in [-0.1, -0.05) is 36.4 Å². The lowest BCUT2D eigenvalue weighted by atomic mass is 10.1. The van der Waals surface area contributed by atoms with Crippen molar-refractivity contribution in [2.75, 3.05) is 11.9 Å². The van der Waals surface area contributed by atoms with Gasteiger partial charge in [0.25, 0.3) is 5.56 Å². The smallest absolute Gasteiger partial charge is 0.328 e. The van der Waals surface area contributed by atoms with Gasteiger partial charge >= 0.3 is 11.7 Å². The van der Waals surface area contributed by atoms with E-state index in [0.29, 0.717) is 17.2 Å². The number of aromatic amines is 1. The minimum atomic E-state index is -0.521. The van der Waals surface area contributed by atoms with Gasteiger partial charge in [0.2, 0.25) is 0 Å². The molecule has 0 unspecified atom stereocenters. The number of benzene rings is 1. The van der Waals surface area contributed by atoms with Gasteiger partial charge in [0.05, 0.1) is 0 Å². The molecule has 0 atom stereocenters. The number of hydrogen-bond donors (Lipinski definition) is 3. The van der Waals surface area contributed by atoms with Gasteiger partial charge in [0.1, 0.15) is 17.2 Å². The number of H-pyrrole nitrogens is 1. The van der Waals surface area contributed by atoms with E-state index in [0.717, 1.165) is 5.56 Å². The van der Waals surface area contributed by atoms with Crippen molar-refractivity contribution in [2.45, 2.75) is 6.54 Å². The third-order valence-corrected chi connectivity index (χ3v) is 4.34. The van der Waals surface area contributed by atoms with Crippen LogP contribution in [0, 0.1) is 0 Å². The summed E-state index contributed by atoms with van der Waals surface area (Å²) >= 11 is 0. The quantitative estimate of drug-likeness (QED) is 0.481. The first kappa shape index (κ1) is 18.2. The van der Waals surface area contributed by atoms with Crippen molar-refractivity contribution in [1.82, 2.24) is 24.3 Å². The number of fused-ring (bicyclic) bond motifs is 1. The van der Waals surface area contributed by atoms with Crippen LogP contribution in [0.2, 0.25) is 0 Å². The number of nitrogens with one attached hydrogen (secondary N) is 3. The highest BCUT2D eigenvalue weighted by Crippen LogP contribution is 2.28. The molecule has 4 aromatic rings. The van der Waals surface area contributed by atoms with E-state index >= 15 is 0 Å². The molecule has 1 aromatic carbocycles. The van der Waals surface area contributed by atoms with Crippen molar-refractivity contribution >= 4 is 17.5 Å². The van der Waals surface area contributed by atoms with Gasteiger partial charge in [0, 0.05) is 37.1 Å². The monoisotopic (exact) mass is 390 g/mol. The maximum absolute atomic E-state index is 12.5. The number of nitrogens with zero attached hydrogens (tertiary/aromatic N) is 3. The Hall–Kier alpha value is -4.14. The Kier molecular flexibility index (Phi) is 4.93. The van der Waals surface area contributed by atoms with E-state index < -0.39 is 17.3 Å². The number of amides is 2. The molecular weight excluding hydrogens is 372 g/mol. The molecule has 29 heavy (non-hydrogen) atoms. The summed E-state index contributed by atoms with van der Waals surface area (Å²) in [5.74, 6) is 0.547. The van der Waals surface area contributed by atoms with E-state index in [1.807, 2.05) is 54.7 Å². The molecule has 0 aliphatic rings. The Morgan fingerprint density at radius 1 is 1.00 bits per heavy atom. The van der Waals surface area contributed by atoms with E-state index in [1.54, 1.807) is 4.40 Å². The lowest BCUT2D eigenvalue weighted by Crippen LogP contribution is -2.35. The fourth-order valence-electron chi connectivity index (χ4n) is 2.97. The number of hydrogen-bond acceptors (Lipinski definition) is 4. The lowest BCUT2D eigenvalue weighted by molar-refractivity contribution is 0.251. The summed E-state index contributed by atoms with van der Waals surface area (Å²) in [5, 5.41) is 5.56. The second kappa shape index (κ2) is 7.85. The molecule has 0 fully saturated rings. The minimum absolute atomic E-state index is 0.204. The molecule has 0 aliphatic carbocycles. The molecule has 9 nitrogen and oxygen atoms in total. The molecular formula is C20H18N6O3. The van der Waals surface area contributed by atoms with Crippen LogP contribution in [0.1, 0.15) is 0 Å². The zero-order valence-electron chi connectivity index (χ0n) is 15.3. The number of anilines is 1. The van der Waals surface area contributed by atoms with Crippen LogP contribution in [0.25, 0.3) is 16.9 Å². The van der Waals surface area contributed by atoms with Gasteiger partial charge in [-0.2, -0.15) is 0 Å². The lowest BCUT2D eigenvalue weighted by Gasteiger charge is -2.10. The number of urea groups is 1. The second-order valence-corrected chi connectivity index (χ2v) is 6.29. The molecule has 0 radical (unpaired) electrons. The van der Waals surface area contributed by atoms with Gasteiger partial charge in [-0.3, -0.25) is 24.1 Å². The number of carbonyl (C=O) groups excluding carboxylic acids is 1.